The van der Waals surface area contributed by atoms with Crippen LogP contribution in [0.15, 0.2) is 0 Å². The van der Waals surface area contributed by atoms with E-state index in [1.807, 2.05) is 0 Å². The summed E-state index contributed by atoms with van der Waals surface area (Å²) in [7, 11) is 0. The van der Waals surface area contributed by atoms with Crippen LogP contribution < -0.4 is 40.0 Å². The Labute approximate surface area is 127 Å². The normalized spacial score (nSPS) is 11.1. The third kappa shape index (κ3) is 9.77. The monoisotopic (exact) mass is 277 g/mol. The van der Waals surface area contributed by atoms with Gasteiger partial charge in [0.1, 0.15) is 6.10 Å². The van der Waals surface area contributed by atoms with Crippen molar-refractivity contribution in [1.29, 1.82) is 0 Å². The second kappa shape index (κ2) is 11.8. The predicted molar refractivity (Wildman–Crippen MR) is 56.7 cm³/mol. The number of rotatable bonds is 6. The van der Waals surface area contributed by atoms with E-state index in [2.05, 4.69) is 5.32 Å². The molecule has 0 aromatic heterocycles. The fraction of sp³-hybridized carbons (Fsp3) is 0.778. The molecule has 0 aliphatic carbocycles. The van der Waals surface area contributed by atoms with Crippen molar-refractivity contribution in [3.8, 4) is 0 Å². The van der Waals surface area contributed by atoms with Crippen LogP contribution in [-0.4, -0.2) is 52.3 Å². The van der Waals surface area contributed by atoms with Gasteiger partial charge in [0, 0.05) is 24.3 Å². The summed E-state index contributed by atoms with van der Waals surface area (Å²) in [6.45, 7) is 2.60. The molecule has 8 nitrogen and oxygen atoms in total. The number of carbonyl (C=O) groups is 2. The minimum atomic E-state index is -1.37. The quantitative estimate of drug-likeness (QED) is 0.408. The van der Waals surface area contributed by atoms with E-state index >= 15 is 0 Å². The summed E-state index contributed by atoms with van der Waals surface area (Å²) in [4.78, 5) is 21.3. The van der Waals surface area contributed by atoms with E-state index in [9.17, 15) is 19.8 Å². The van der Waals surface area contributed by atoms with Crippen molar-refractivity contribution < 1.29 is 65.4 Å². The minimum Gasteiger partial charge on any atom is -0.550 e. The molecule has 1 atom stereocenters. The smallest absolute Gasteiger partial charge is 0.550 e. The van der Waals surface area contributed by atoms with Gasteiger partial charge in [0.2, 0.25) is 5.91 Å². The van der Waals surface area contributed by atoms with Gasteiger partial charge in [0.05, 0.1) is 6.61 Å². The van der Waals surface area contributed by atoms with Gasteiger partial charge >= 0.3 is 29.6 Å². The summed E-state index contributed by atoms with van der Waals surface area (Å²) in [5.41, 5.74) is -0.953. The van der Waals surface area contributed by atoms with Crippen LogP contribution in [0.4, 0.5) is 0 Å². The Bertz CT molecular complexity index is 247. The van der Waals surface area contributed by atoms with Gasteiger partial charge in [0.25, 0.3) is 0 Å². The zero-order valence-corrected chi connectivity index (χ0v) is 12.8. The summed E-state index contributed by atoms with van der Waals surface area (Å²) < 4.78 is 0. The Balaban J connectivity index is -0.000000327. The van der Waals surface area contributed by atoms with Crippen LogP contribution in [0.5, 0.6) is 0 Å². The van der Waals surface area contributed by atoms with E-state index in [4.69, 9.17) is 5.11 Å². The molecule has 0 aliphatic heterocycles. The minimum absolute atomic E-state index is 0. The summed E-state index contributed by atoms with van der Waals surface area (Å²) >= 11 is 0. The molecule has 9 heteroatoms. The summed E-state index contributed by atoms with van der Waals surface area (Å²) in [5, 5.41) is 30.6. The molecule has 1 unspecified atom stereocenters. The van der Waals surface area contributed by atoms with Crippen molar-refractivity contribution in [2.75, 3.05) is 13.2 Å². The first kappa shape index (κ1) is 26.4. The molecule has 0 aromatic carbocycles. The molecule has 0 heterocycles. The van der Waals surface area contributed by atoms with Crippen molar-refractivity contribution in [2.45, 2.75) is 26.4 Å². The number of carbonyl (C=O) groups excluding carboxylic acids is 2. The van der Waals surface area contributed by atoms with Gasteiger partial charge in [-0.1, -0.05) is 13.8 Å². The first-order valence-electron chi connectivity index (χ1n) is 4.57. The second-order valence-corrected chi connectivity index (χ2v) is 3.96. The van der Waals surface area contributed by atoms with Gasteiger partial charge in [-0.3, -0.25) is 4.79 Å². The Hall–Kier alpha value is -0.220. The summed E-state index contributed by atoms with van der Waals surface area (Å²) in [5.74, 6) is -1.97. The zero-order chi connectivity index (χ0) is 12.1. The number of aliphatic carboxylic acids is 1. The SMILES string of the molecule is CC(C)(CO)C(O)C(=O)NCCC(=O)[O-].O.O.[Na+]. The van der Waals surface area contributed by atoms with Crippen LogP contribution in [0.25, 0.3) is 0 Å². The Morgan fingerprint density at radius 1 is 1.33 bits per heavy atom. The molecule has 104 valence electrons. The van der Waals surface area contributed by atoms with E-state index in [-0.39, 0.29) is 60.1 Å². The largest absolute Gasteiger partial charge is 1.00 e. The number of carboxylic acid groups (broad SMARTS) is 1. The van der Waals surface area contributed by atoms with E-state index in [0.717, 1.165) is 0 Å². The molecular weight excluding hydrogens is 257 g/mol. The molecule has 0 rings (SSSR count). The first-order chi connectivity index (χ1) is 6.81. The molecule has 0 aromatic rings. The van der Waals surface area contributed by atoms with Crippen LogP contribution in [0, 0.1) is 5.41 Å². The van der Waals surface area contributed by atoms with Gasteiger partial charge in [-0.25, -0.2) is 0 Å². The molecule has 0 aliphatic rings. The van der Waals surface area contributed by atoms with E-state index < -0.39 is 23.4 Å². The van der Waals surface area contributed by atoms with Crippen LogP contribution in [0.1, 0.15) is 20.3 Å². The van der Waals surface area contributed by atoms with Crippen molar-refractivity contribution in [2.24, 2.45) is 5.41 Å². The molecule has 0 saturated carbocycles. The molecule has 0 spiro atoms. The number of aliphatic hydroxyl groups is 2. The number of hydrogen-bond acceptors (Lipinski definition) is 5. The third-order valence-corrected chi connectivity index (χ3v) is 2.02. The Morgan fingerprint density at radius 3 is 2.11 bits per heavy atom. The maximum atomic E-state index is 11.2. The molecule has 0 bridgehead atoms. The van der Waals surface area contributed by atoms with Crippen LogP contribution in [0.2, 0.25) is 0 Å². The maximum absolute atomic E-state index is 11.2. The van der Waals surface area contributed by atoms with E-state index in [0.29, 0.717) is 0 Å². The summed E-state index contributed by atoms with van der Waals surface area (Å²) in [6, 6.07) is 0. The van der Waals surface area contributed by atoms with Gasteiger partial charge in [-0.2, -0.15) is 0 Å². The topological polar surface area (TPSA) is 173 Å². The van der Waals surface area contributed by atoms with E-state index in [1.54, 1.807) is 0 Å². The summed E-state index contributed by atoms with van der Waals surface area (Å²) in [6.07, 6.45) is -1.68. The second-order valence-electron chi connectivity index (χ2n) is 3.96. The Kier molecular flexibility index (Phi) is 17.4. The fourth-order valence-corrected chi connectivity index (χ4v) is 0.826. The average Bonchev–Trinajstić information content (AvgIpc) is 2.15. The van der Waals surface area contributed by atoms with Gasteiger partial charge in [-0.05, 0) is 0 Å². The van der Waals surface area contributed by atoms with Gasteiger partial charge < -0.3 is 36.4 Å². The van der Waals surface area contributed by atoms with Crippen LogP contribution >= 0.6 is 0 Å². The van der Waals surface area contributed by atoms with Crippen molar-refractivity contribution in [1.82, 2.24) is 5.32 Å². The number of amides is 1. The molecule has 0 saturated heterocycles. The van der Waals surface area contributed by atoms with Crippen LogP contribution in [-0.2, 0) is 9.59 Å². The molecule has 1 amide bonds. The van der Waals surface area contributed by atoms with Gasteiger partial charge in [0.15, 0.2) is 0 Å². The van der Waals surface area contributed by atoms with Crippen molar-refractivity contribution >= 4 is 11.9 Å². The van der Waals surface area contributed by atoms with E-state index in [1.165, 1.54) is 13.8 Å². The molecule has 18 heavy (non-hydrogen) atoms. The standard InChI is InChI=1S/C9H17NO5.Na.2H2O/c1-9(2,5-11)7(14)8(15)10-4-3-6(12)13;;;/h7,11,14H,3-5H2,1-2H3,(H,10,15)(H,12,13);;2*1H2/q;+1;;/p-1. The molecular formula is C9H20NNaO7. The number of aliphatic hydroxyl groups excluding tert-OH is 2. The number of carboxylic acids is 1. The number of nitrogens with one attached hydrogen (secondary N) is 1. The average molecular weight is 277 g/mol. The maximum Gasteiger partial charge on any atom is 1.00 e. The third-order valence-electron chi connectivity index (χ3n) is 2.02. The fourth-order valence-electron chi connectivity index (χ4n) is 0.826. The molecule has 0 fully saturated rings. The number of hydrogen-bond donors (Lipinski definition) is 3. The van der Waals surface area contributed by atoms with Crippen LogP contribution in [0.3, 0.4) is 0 Å². The Morgan fingerprint density at radius 2 is 1.78 bits per heavy atom. The molecule has 7 N–H and O–H groups in total. The van der Waals surface area contributed by atoms with Crippen molar-refractivity contribution in [3.63, 3.8) is 0 Å². The zero-order valence-electron chi connectivity index (χ0n) is 10.8. The molecule has 0 radical (unpaired) electrons. The van der Waals surface area contributed by atoms with Gasteiger partial charge in [-0.15, -0.1) is 0 Å². The van der Waals surface area contributed by atoms with Crippen molar-refractivity contribution in [3.05, 3.63) is 0 Å². The predicted octanol–water partition coefficient (Wildman–Crippen LogP) is -7.02. The first-order valence-corrected chi connectivity index (χ1v) is 4.57.